The van der Waals surface area contributed by atoms with Crippen LogP contribution in [0.4, 0.5) is 13.2 Å². The molecule has 0 radical (unpaired) electrons. The molecule has 3 rings (SSSR count). The molecule has 0 spiro atoms. The lowest BCUT2D eigenvalue weighted by Crippen LogP contribution is -2.41. The van der Waals surface area contributed by atoms with Crippen LogP contribution in [0, 0.1) is 12.8 Å². The minimum atomic E-state index is -4.59. The molecule has 0 aliphatic carbocycles. The first kappa shape index (κ1) is 19.5. The van der Waals surface area contributed by atoms with E-state index in [1.165, 1.54) is 6.92 Å². The van der Waals surface area contributed by atoms with E-state index in [1.54, 1.807) is 17.0 Å². The normalized spacial score (nSPS) is 17.8. The molecule has 146 valence electrons. The van der Waals surface area contributed by atoms with Gasteiger partial charge in [-0.15, -0.1) is 11.3 Å². The van der Waals surface area contributed by atoms with E-state index in [-0.39, 0.29) is 23.1 Å². The van der Waals surface area contributed by atoms with E-state index >= 15 is 0 Å². The number of rotatable bonds is 4. The molecule has 1 atom stereocenters. The molecule has 0 aromatic carbocycles. The van der Waals surface area contributed by atoms with E-state index in [0.29, 0.717) is 22.8 Å². The second-order valence-electron chi connectivity index (χ2n) is 6.51. The number of alkyl halides is 3. The quantitative estimate of drug-likeness (QED) is 0.832. The average molecular weight is 399 g/mol. The number of amides is 1. The summed E-state index contributed by atoms with van der Waals surface area (Å²) in [7, 11) is 1.81. The number of nitrogens with zero attached hydrogens (tertiary/aromatic N) is 2. The lowest BCUT2D eigenvalue weighted by molar-refractivity contribution is -0.156. The molecular weight excluding hydrogens is 379 g/mol. The van der Waals surface area contributed by atoms with Crippen LogP contribution in [-0.2, 0) is 6.18 Å². The maximum atomic E-state index is 12.9. The summed E-state index contributed by atoms with van der Waals surface area (Å²) in [5.74, 6) is -1.04. The van der Waals surface area contributed by atoms with Gasteiger partial charge >= 0.3 is 6.18 Å². The molecule has 1 fully saturated rings. The molecule has 3 heterocycles. The number of piperidine rings is 1. The van der Waals surface area contributed by atoms with Crippen LogP contribution in [0.15, 0.2) is 28.9 Å². The monoisotopic (exact) mass is 399 g/mol. The van der Waals surface area contributed by atoms with E-state index in [9.17, 15) is 18.0 Å². The topological polar surface area (TPSA) is 58.4 Å². The van der Waals surface area contributed by atoms with E-state index in [0.717, 1.165) is 29.9 Å². The fourth-order valence-electron chi connectivity index (χ4n) is 3.22. The number of thiophene rings is 1. The number of carbonyl (C=O) groups is 1. The molecule has 1 N–H and O–H groups in total. The first-order valence-corrected chi connectivity index (χ1v) is 9.33. The van der Waals surface area contributed by atoms with Crippen LogP contribution in [0.1, 0.15) is 33.8 Å². The Kier molecular flexibility index (Phi) is 5.32. The second-order valence-corrected chi connectivity index (χ2v) is 7.60. The van der Waals surface area contributed by atoms with E-state index in [1.807, 2.05) is 7.05 Å². The summed E-state index contributed by atoms with van der Waals surface area (Å²) in [6, 6.07) is 3.23. The third-order valence-corrected chi connectivity index (χ3v) is 5.83. The predicted molar refractivity (Wildman–Crippen MR) is 96.4 cm³/mol. The van der Waals surface area contributed by atoms with Gasteiger partial charge in [0, 0.05) is 37.3 Å². The number of aromatic nitrogens is 1. The van der Waals surface area contributed by atoms with Crippen molar-refractivity contribution in [3.05, 3.63) is 40.6 Å². The van der Waals surface area contributed by atoms with Gasteiger partial charge in [-0.25, -0.2) is 0 Å². The fraction of sp³-hybridized carbons (Fsp3) is 0.444. The van der Waals surface area contributed by atoms with Crippen molar-refractivity contribution >= 4 is 17.2 Å². The largest absolute Gasteiger partial charge is 0.452 e. The number of carbonyl (C=O) groups excluding carboxylic acids is 1. The zero-order chi connectivity index (χ0) is 19.8. The number of halogens is 3. The smallest absolute Gasteiger partial charge is 0.392 e. The lowest BCUT2D eigenvalue weighted by Gasteiger charge is -2.33. The Balaban J connectivity index is 1.79. The van der Waals surface area contributed by atoms with Crippen molar-refractivity contribution in [2.24, 2.45) is 5.92 Å². The molecule has 5 nitrogen and oxygen atoms in total. The molecule has 1 saturated heterocycles. The Hall–Kier alpha value is -2.29. The van der Waals surface area contributed by atoms with Crippen molar-refractivity contribution in [1.29, 1.82) is 0 Å². The molecule has 1 amide bonds. The van der Waals surface area contributed by atoms with Crippen LogP contribution < -0.4 is 5.32 Å². The summed E-state index contributed by atoms with van der Waals surface area (Å²) >= 11 is 1.12. The highest BCUT2D eigenvalue weighted by Crippen LogP contribution is 2.38. The summed E-state index contributed by atoms with van der Waals surface area (Å²) < 4.78 is 43.1. The Morgan fingerprint density at radius 1 is 1.44 bits per heavy atom. The van der Waals surface area contributed by atoms with Crippen LogP contribution in [0.3, 0.4) is 0 Å². The zero-order valence-corrected chi connectivity index (χ0v) is 15.8. The number of likely N-dealkylation sites (tertiary alicyclic amines) is 1. The highest BCUT2D eigenvalue weighted by Gasteiger charge is 2.39. The van der Waals surface area contributed by atoms with Gasteiger partial charge in [-0.05, 0) is 31.9 Å². The molecular formula is C18H20F3N3O2S. The number of nitrogens with one attached hydrogen (secondary N) is 1. The highest BCUT2D eigenvalue weighted by molar-refractivity contribution is 7.17. The van der Waals surface area contributed by atoms with Crippen molar-refractivity contribution in [1.82, 2.24) is 15.4 Å². The maximum Gasteiger partial charge on any atom is 0.452 e. The second kappa shape index (κ2) is 7.38. The zero-order valence-electron chi connectivity index (χ0n) is 15.0. The molecule has 27 heavy (non-hydrogen) atoms. The van der Waals surface area contributed by atoms with Crippen LogP contribution in [0.25, 0.3) is 10.6 Å². The predicted octanol–water partition coefficient (Wildman–Crippen LogP) is 4.32. The van der Waals surface area contributed by atoms with E-state index in [4.69, 9.17) is 0 Å². The van der Waals surface area contributed by atoms with Crippen LogP contribution in [0.2, 0.25) is 0 Å². The van der Waals surface area contributed by atoms with E-state index < -0.39 is 11.9 Å². The average Bonchev–Trinajstić information content (AvgIpc) is 3.26. The minimum absolute atomic E-state index is 0.0771. The Labute approximate surface area is 158 Å². The van der Waals surface area contributed by atoms with Gasteiger partial charge in [0.05, 0.1) is 9.75 Å². The van der Waals surface area contributed by atoms with Gasteiger partial charge < -0.3 is 14.7 Å². The van der Waals surface area contributed by atoms with Crippen LogP contribution >= 0.6 is 11.3 Å². The van der Waals surface area contributed by atoms with E-state index in [2.05, 4.69) is 21.6 Å². The molecule has 1 aliphatic heterocycles. The van der Waals surface area contributed by atoms with Gasteiger partial charge in [-0.2, -0.15) is 13.2 Å². The number of hydrogen-bond acceptors (Lipinski definition) is 5. The van der Waals surface area contributed by atoms with Gasteiger partial charge in [-0.1, -0.05) is 11.7 Å². The van der Waals surface area contributed by atoms with Crippen molar-refractivity contribution < 1.29 is 22.5 Å². The molecule has 9 heteroatoms. The summed E-state index contributed by atoms with van der Waals surface area (Å²) in [6.07, 6.45) is -2.74. The van der Waals surface area contributed by atoms with Gasteiger partial charge in [0.25, 0.3) is 5.91 Å². The summed E-state index contributed by atoms with van der Waals surface area (Å²) in [5, 5.41) is 6.59. The standard InChI is InChI=1S/C18H20F3N3O2S/c1-10-15(23-26-16(10)18(19,20)21)13-6-7-14(27-13)17(25)24-8-4-5-12(9-24)11(2)22-3/h6-7,12,22H,2,4-5,8-9H2,1,3H3/t12-/m0/s1. The van der Waals surface area contributed by atoms with Crippen molar-refractivity contribution in [3.8, 4) is 10.6 Å². The van der Waals surface area contributed by atoms with Crippen molar-refractivity contribution in [3.63, 3.8) is 0 Å². The highest BCUT2D eigenvalue weighted by atomic mass is 32.1. The van der Waals surface area contributed by atoms with Gasteiger partial charge in [0.15, 0.2) is 0 Å². The first-order valence-electron chi connectivity index (χ1n) is 8.52. The summed E-state index contributed by atoms with van der Waals surface area (Å²) in [4.78, 5) is 15.5. The molecule has 2 aromatic rings. The Bertz CT molecular complexity index is 856. The van der Waals surface area contributed by atoms with Crippen molar-refractivity contribution in [2.75, 3.05) is 20.1 Å². The molecule has 2 aromatic heterocycles. The molecule has 1 aliphatic rings. The van der Waals surface area contributed by atoms with Gasteiger partial charge in [-0.3, -0.25) is 4.79 Å². The van der Waals surface area contributed by atoms with Crippen LogP contribution in [-0.4, -0.2) is 36.1 Å². The Morgan fingerprint density at radius 3 is 2.81 bits per heavy atom. The third-order valence-electron chi connectivity index (χ3n) is 4.75. The third kappa shape index (κ3) is 3.87. The molecule has 0 bridgehead atoms. The van der Waals surface area contributed by atoms with Crippen LogP contribution in [0.5, 0.6) is 0 Å². The van der Waals surface area contributed by atoms with Gasteiger partial charge in [0.1, 0.15) is 5.69 Å². The summed E-state index contributed by atoms with van der Waals surface area (Å²) in [5.41, 5.74) is 0.940. The number of hydrogen-bond donors (Lipinski definition) is 1. The lowest BCUT2D eigenvalue weighted by atomic mass is 9.95. The molecule has 0 unspecified atom stereocenters. The fourth-order valence-corrected chi connectivity index (χ4v) is 4.23. The Morgan fingerprint density at radius 2 is 2.19 bits per heavy atom. The molecule has 0 saturated carbocycles. The summed E-state index contributed by atoms with van der Waals surface area (Å²) in [6.45, 7) is 6.53. The SMILES string of the molecule is C=C(NC)[C@H]1CCCN(C(=O)c2ccc(-c3noc(C(F)(F)F)c3C)s2)C1. The van der Waals surface area contributed by atoms with Gasteiger partial charge in [0.2, 0.25) is 5.76 Å². The maximum absolute atomic E-state index is 12.9. The minimum Gasteiger partial charge on any atom is -0.392 e. The van der Waals surface area contributed by atoms with Crippen molar-refractivity contribution in [2.45, 2.75) is 25.9 Å². The first-order chi connectivity index (χ1) is 12.7.